The number of oxime groups is 1. The molecule has 4 unspecified atom stereocenters. The van der Waals surface area contributed by atoms with Crippen LogP contribution in [0.3, 0.4) is 0 Å². The second kappa shape index (κ2) is 7.16. The number of amides is 1. The fourth-order valence-electron chi connectivity index (χ4n) is 4.11. The first-order chi connectivity index (χ1) is 12.9. The van der Waals surface area contributed by atoms with Gasteiger partial charge in [0.2, 0.25) is 6.10 Å². The van der Waals surface area contributed by atoms with Crippen LogP contribution in [0, 0.1) is 23.5 Å². The summed E-state index contributed by atoms with van der Waals surface area (Å²) in [5.41, 5.74) is 8.00. The van der Waals surface area contributed by atoms with Crippen molar-refractivity contribution in [3.8, 4) is 0 Å². The van der Waals surface area contributed by atoms with E-state index in [0.717, 1.165) is 18.2 Å². The van der Waals surface area contributed by atoms with Gasteiger partial charge in [-0.25, -0.2) is 14.2 Å². The van der Waals surface area contributed by atoms with Crippen LogP contribution in [0.2, 0.25) is 0 Å². The molecular weight excluding hydrogens is 354 g/mol. The van der Waals surface area contributed by atoms with E-state index in [1.165, 1.54) is 6.07 Å². The number of carbonyl (C=O) groups excluding carboxylic acids is 1. The molecule has 1 amide bonds. The summed E-state index contributed by atoms with van der Waals surface area (Å²) in [5, 5.41) is 4.05. The van der Waals surface area contributed by atoms with Gasteiger partial charge < -0.3 is 9.74 Å². The van der Waals surface area contributed by atoms with Gasteiger partial charge in [0.15, 0.2) is 11.6 Å². The Balaban J connectivity index is 1.45. The smallest absolute Gasteiger partial charge is 0.266 e. The van der Waals surface area contributed by atoms with Crippen molar-refractivity contribution in [2.24, 2.45) is 17.0 Å². The summed E-state index contributed by atoms with van der Waals surface area (Å²) < 4.78 is 26.9. The van der Waals surface area contributed by atoms with Gasteiger partial charge in [0.1, 0.15) is 0 Å². The van der Waals surface area contributed by atoms with Crippen molar-refractivity contribution in [3.63, 3.8) is 0 Å². The minimum absolute atomic E-state index is 0.0520. The van der Waals surface area contributed by atoms with Crippen LogP contribution in [0.15, 0.2) is 23.4 Å². The van der Waals surface area contributed by atoms with Crippen LogP contribution >= 0.6 is 0 Å². The molecule has 4 atom stereocenters. The third-order valence-electron chi connectivity index (χ3n) is 5.76. The molecule has 27 heavy (non-hydrogen) atoms. The van der Waals surface area contributed by atoms with Crippen molar-refractivity contribution in [1.82, 2.24) is 15.8 Å². The third-order valence-corrected chi connectivity index (χ3v) is 5.76. The maximum atomic E-state index is 13.7. The summed E-state index contributed by atoms with van der Waals surface area (Å²) in [6.07, 6.45) is 0.765. The molecule has 3 aliphatic heterocycles. The maximum absolute atomic E-state index is 13.7. The second-order valence-electron chi connectivity index (χ2n) is 7.82. The summed E-state index contributed by atoms with van der Waals surface area (Å²) >= 11 is 0. The number of carbonyl (C=O) groups is 1. The Morgan fingerprint density at radius 1 is 1.30 bits per heavy atom. The van der Waals surface area contributed by atoms with E-state index < -0.39 is 17.7 Å². The van der Waals surface area contributed by atoms with E-state index in [-0.39, 0.29) is 29.8 Å². The predicted octanol–water partition coefficient (Wildman–Crippen LogP) is 2.13. The minimum Gasteiger partial charge on any atom is -0.382 e. The molecule has 0 aromatic heterocycles. The molecule has 2 fully saturated rings. The third kappa shape index (κ3) is 3.43. The van der Waals surface area contributed by atoms with Crippen LogP contribution in [0.25, 0.3) is 0 Å². The van der Waals surface area contributed by atoms with E-state index in [4.69, 9.17) is 4.84 Å². The van der Waals surface area contributed by atoms with Gasteiger partial charge in [-0.2, -0.15) is 0 Å². The molecule has 4 rings (SSSR count). The Labute approximate surface area is 156 Å². The molecule has 1 aromatic rings. The highest BCUT2D eigenvalue weighted by Gasteiger charge is 2.43. The lowest BCUT2D eigenvalue weighted by atomic mass is 9.85. The normalized spacial score (nSPS) is 30.3. The molecule has 8 heteroatoms. The van der Waals surface area contributed by atoms with Crippen LogP contribution in [0.4, 0.5) is 8.78 Å². The number of fused-ring (bicyclic) bond motifs is 1. The van der Waals surface area contributed by atoms with Crippen molar-refractivity contribution in [3.05, 3.63) is 35.4 Å². The van der Waals surface area contributed by atoms with Crippen molar-refractivity contribution in [1.29, 1.82) is 0 Å². The summed E-state index contributed by atoms with van der Waals surface area (Å²) in [5.74, 6) is -1.45. The number of hydrogen-bond acceptors (Lipinski definition) is 5. The maximum Gasteiger partial charge on any atom is 0.266 e. The minimum atomic E-state index is -0.862. The van der Waals surface area contributed by atoms with E-state index in [1.54, 1.807) is 6.07 Å². The number of likely N-dealkylation sites (tertiary alicyclic amines) is 1. The Bertz CT molecular complexity index is 770. The second-order valence-corrected chi connectivity index (χ2v) is 7.82. The number of rotatable bonds is 3. The molecule has 0 spiro atoms. The summed E-state index contributed by atoms with van der Waals surface area (Å²) in [7, 11) is 0. The molecule has 6 nitrogen and oxygen atoms in total. The Kier molecular flexibility index (Phi) is 4.86. The van der Waals surface area contributed by atoms with Crippen LogP contribution in [-0.4, -0.2) is 41.8 Å². The van der Waals surface area contributed by atoms with Gasteiger partial charge in [0.25, 0.3) is 5.91 Å². The quantitative estimate of drug-likeness (QED) is 0.846. The van der Waals surface area contributed by atoms with Gasteiger partial charge >= 0.3 is 0 Å². The SMILES string of the molecule is CC(C)C1=NOC(C(=O)N2CCC3NNC(c4ccc(F)c(F)c4)C3C2)C1. The average Bonchev–Trinajstić information content (AvgIpc) is 3.30. The fourth-order valence-corrected chi connectivity index (χ4v) is 4.11. The molecule has 146 valence electrons. The van der Waals surface area contributed by atoms with Crippen LogP contribution < -0.4 is 10.9 Å². The van der Waals surface area contributed by atoms with Crippen molar-refractivity contribution in [2.45, 2.75) is 44.9 Å². The van der Waals surface area contributed by atoms with Crippen LogP contribution in [0.1, 0.15) is 38.3 Å². The lowest BCUT2D eigenvalue weighted by Crippen LogP contribution is -2.50. The largest absolute Gasteiger partial charge is 0.382 e. The Morgan fingerprint density at radius 3 is 2.81 bits per heavy atom. The van der Waals surface area contributed by atoms with Crippen molar-refractivity contribution >= 4 is 11.6 Å². The molecule has 0 bridgehead atoms. The molecule has 0 aliphatic carbocycles. The van der Waals surface area contributed by atoms with Crippen molar-refractivity contribution < 1.29 is 18.4 Å². The number of nitrogens with zero attached hydrogens (tertiary/aromatic N) is 2. The predicted molar refractivity (Wildman–Crippen MR) is 95.6 cm³/mol. The molecule has 0 saturated carbocycles. The molecule has 0 radical (unpaired) electrons. The van der Waals surface area contributed by atoms with Crippen molar-refractivity contribution in [2.75, 3.05) is 13.1 Å². The number of piperidine rings is 1. The number of hydrogen-bond donors (Lipinski definition) is 2. The van der Waals surface area contributed by atoms with E-state index in [1.807, 2.05) is 18.7 Å². The number of halogens is 2. The van der Waals surface area contributed by atoms with E-state index in [2.05, 4.69) is 16.0 Å². The Morgan fingerprint density at radius 2 is 2.11 bits per heavy atom. The first-order valence-electron chi connectivity index (χ1n) is 9.41. The zero-order valence-electron chi connectivity index (χ0n) is 15.4. The van der Waals surface area contributed by atoms with Gasteiger partial charge in [-0.15, -0.1) is 0 Å². The molecule has 2 N–H and O–H groups in total. The molecule has 2 saturated heterocycles. The first kappa shape index (κ1) is 18.3. The van der Waals surface area contributed by atoms with Gasteiger partial charge in [-0.3, -0.25) is 10.2 Å². The number of nitrogens with one attached hydrogen (secondary N) is 2. The highest BCUT2D eigenvalue weighted by Crippen LogP contribution is 2.34. The highest BCUT2D eigenvalue weighted by molar-refractivity contribution is 5.93. The summed E-state index contributed by atoms with van der Waals surface area (Å²) in [4.78, 5) is 20.1. The molecule has 3 aliphatic rings. The lowest BCUT2D eigenvalue weighted by Gasteiger charge is -2.36. The average molecular weight is 378 g/mol. The zero-order chi connectivity index (χ0) is 19.1. The Hall–Kier alpha value is -2.06. The van der Waals surface area contributed by atoms with Gasteiger partial charge in [0, 0.05) is 31.5 Å². The summed E-state index contributed by atoms with van der Waals surface area (Å²) in [6.45, 7) is 5.23. The molecular formula is C19H24F2N4O2. The zero-order valence-corrected chi connectivity index (χ0v) is 15.4. The first-order valence-corrected chi connectivity index (χ1v) is 9.41. The van der Waals surface area contributed by atoms with E-state index >= 15 is 0 Å². The van der Waals surface area contributed by atoms with Gasteiger partial charge in [0.05, 0.1) is 11.8 Å². The number of hydrazine groups is 1. The van der Waals surface area contributed by atoms with E-state index in [0.29, 0.717) is 25.1 Å². The lowest BCUT2D eigenvalue weighted by molar-refractivity contribution is -0.144. The monoisotopic (exact) mass is 378 g/mol. The fraction of sp³-hybridized carbons (Fsp3) is 0.579. The molecule has 1 aromatic carbocycles. The van der Waals surface area contributed by atoms with Crippen LogP contribution in [0.5, 0.6) is 0 Å². The topological polar surface area (TPSA) is 66.0 Å². The standard InChI is InChI=1S/C19H24F2N4O2/c1-10(2)16-8-17(27-24-16)19(26)25-6-5-15-12(9-25)18(23-22-15)11-3-4-13(20)14(21)7-11/h3-4,7,10,12,15,17-18,22-23H,5-6,8-9H2,1-2H3. The number of benzene rings is 1. The van der Waals surface area contributed by atoms with Crippen LogP contribution in [-0.2, 0) is 9.63 Å². The molecule has 3 heterocycles. The van der Waals surface area contributed by atoms with Gasteiger partial charge in [-0.05, 0) is 30.0 Å². The van der Waals surface area contributed by atoms with Gasteiger partial charge in [-0.1, -0.05) is 25.1 Å². The van der Waals surface area contributed by atoms with E-state index in [9.17, 15) is 13.6 Å². The summed E-state index contributed by atoms with van der Waals surface area (Å²) in [6, 6.07) is 3.94. The highest BCUT2D eigenvalue weighted by atomic mass is 19.2.